The van der Waals surface area contributed by atoms with E-state index in [-0.39, 0.29) is 5.69 Å². The molecule has 0 aliphatic rings. The third-order valence-electron chi connectivity index (χ3n) is 1.20. The SMILES string of the molecule is CCc1nc[nH]c(=O)c1F. The van der Waals surface area contributed by atoms with Gasteiger partial charge in [-0.2, -0.15) is 4.39 Å². The molecule has 4 heteroatoms. The van der Waals surface area contributed by atoms with Crippen molar-refractivity contribution in [3.8, 4) is 0 Å². The largest absolute Gasteiger partial charge is 0.311 e. The Morgan fingerprint density at radius 3 is 3.00 bits per heavy atom. The van der Waals surface area contributed by atoms with E-state index in [0.29, 0.717) is 6.42 Å². The average molecular weight is 142 g/mol. The average Bonchev–Trinajstić information content (AvgIpc) is 1.95. The van der Waals surface area contributed by atoms with E-state index in [4.69, 9.17) is 0 Å². The lowest BCUT2D eigenvalue weighted by molar-refractivity contribution is 0.580. The number of hydrogen-bond donors (Lipinski definition) is 1. The van der Waals surface area contributed by atoms with E-state index in [0.717, 1.165) is 0 Å². The van der Waals surface area contributed by atoms with Crippen molar-refractivity contribution < 1.29 is 4.39 Å². The van der Waals surface area contributed by atoms with E-state index in [1.807, 2.05) is 0 Å². The van der Waals surface area contributed by atoms with E-state index in [1.165, 1.54) is 6.33 Å². The van der Waals surface area contributed by atoms with Crippen LogP contribution in [0.15, 0.2) is 11.1 Å². The van der Waals surface area contributed by atoms with E-state index in [1.54, 1.807) is 6.92 Å². The first-order valence-electron chi connectivity index (χ1n) is 2.97. The fourth-order valence-corrected chi connectivity index (χ4v) is 0.666. The van der Waals surface area contributed by atoms with Crippen LogP contribution in [0, 0.1) is 5.82 Å². The maximum atomic E-state index is 12.6. The minimum Gasteiger partial charge on any atom is -0.311 e. The zero-order valence-corrected chi connectivity index (χ0v) is 5.52. The molecule has 1 N–H and O–H groups in total. The summed E-state index contributed by atoms with van der Waals surface area (Å²) in [5, 5.41) is 0. The third-order valence-corrected chi connectivity index (χ3v) is 1.20. The monoisotopic (exact) mass is 142 g/mol. The summed E-state index contributed by atoms with van der Waals surface area (Å²) in [5.74, 6) is -0.773. The molecule has 0 aliphatic carbocycles. The Kier molecular flexibility index (Phi) is 1.80. The van der Waals surface area contributed by atoms with Gasteiger partial charge in [0, 0.05) is 0 Å². The highest BCUT2D eigenvalue weighted by atomic mass is 19.1. The lowest BCUT2D eigenvalue weighted by Crippen LogP contribution is -2.14. The van der Waals surface area contributed by atoms with Crippen molar-refractivity contribution in [2.24, 2.45) is 0 Å². The molecule has 0 radical (unpaired) electrons. The second-order valence-electron chi connectivity index (χ2n) is 1.85. The summed E-state index contributed by atoms with van der Waals surface area (Å²) >= 11 is 0. The van der Waals surface area contributed by atoms with Crippen molar-refractivity contribution >= 4 is 0 Å². The Bertz CT molecular complexity index is 281. The van der Waals surface area contributed by atoms with Gasteiger partial charge in [-0.05, 0) is 6.42 Å². The Labute approximate surface area is 56.9 Å². The first-order valence-corrected chi connectivity index (χ1v) is 2.97. The Morgan fingerprint density at radius 2 is 2.50 bits per heavy atom. The maximum absolute atomic E-state index is 12.6. The number of aromatic amines is 1. The third kappa shape index (κ3) is 1.05. The zero-order chi connectivity index (χ0) is 7.56. The minimum absolute atomic E-state index is 0.212. The second-order valence-corrected chi connectivity index (χ2v) is 1.85. The highest BCUT2D eigenvalue weighted by Gasteiger charge is 2.03. The maximum Gasteiger partial charge on any atom is 0.287 e. The second kappa shape index (κ2) is 2.60. The zero-order valence-electron chi connectivity index (χ0n) is 5.52. The number of hydrogen-bond acceptors (Lipinski definition) is 2. The Morgan fingerprint density at radius 1 is 1.80 bits per heavy atom. The molecule has 1 heterocycles. The molecule has 0 aliphatic heterocycles. The number of nitrogens with zero attached hydrogens (tertiary/aromatic N) is 1. The van der Waals surface area contributed by atoms with Crippen LogP contribution >= 0.6 is 0 Å². The van der Waals surface area contributed by atoms with Crippen LogP contribution < -0.4 is 5.56 Å². The predicted molar refractivity (Wildman–Crippen MR) is 34.2 cm³/mol. The molecule has 0 bridgehead atoms. The van der Waals surface area contributed by atoms with Gasteiger partial charge in [-0.15, -0.1) is 0 Å². The number of aryl methyl sites for hydroxylation is 1. The molecule has 0 saturated heterocycles. The van der Waals surface area contributed by atoms with Gasteiger partial charge in [0.1, 0.15) is 0 Å². The van der Waals surface area contributed by atoms with Crippen LogP contribution in [-0.4, -0.2) is 9.97 Å². The van der Waals surface area contributed by atoms with Crippen LogP contribution in [0.4, 0.5) is 4.39 Å². The normalized spacial score (nSPS) is 9.80. The highest BCUT2D eigenvalue weighted by molar-refractivity contribution is 5.01. The molecule has 1 aromatic heterocycles. The quantitative estimate of drug-likeness (QED) is 0.619. The standard InChI is InChI=1S/C6H7FN2O/c1-2-4-5(7)6(10)9-3-8-4/h3H,2H2,1H3,(H,8,9,10). The molecular weight excluding hydrogens is 135 g/mol. The van der Waals surface area contributed by atoms with Gasteiger partial charge in [0.2, 0.25) is 5.82 Å². The lowest BCUT2D eigenvalue weighted by Gasteiger charge is -1.93. The van der Waals surface area contributed by atoms with E-state index in [2.05, 4.69) is 9.97 Å². The van der Waals surface area contributed by atoms with Crippen LogP contribution in [-0.2, 0) is 6.42 Å². The first-order chi connectivity index (χ1) is 4.75. The molecule has 1 rings (SSSR count). The number of H-pyrrole nitrogens is 1. The van der Waals surface area contributed by atoms with Gasteiger partial charge in [-0.1, -0.05) is 6.92 Å². The van der Waals surface area contributed by atoms with Crippen molar-refractivity contribution in [1.29, 1.82) is 0 Å². The molecule has 0 saturated carbocycles. The topological polar surface area (TPSA) is 45.8 Å². The van der Waals surface area contributed by atoms with Crippen LogP contribution in [0.3, 0.4) is 0 Å². The summed E-state index contributed by atoms with van der Waals surface area (Å²) in [6.45, 7) is 1.74. The van der Waals surface area contributed by atoms with Crippen LogP contribution in [0.1, 0.15) is 12.6 Å². The number of halogens is 1. The summed E-state index contributed by atoms with van der Waals surface area (Å²) in [4.78, 5) is 16.3. The molecule has 0 spiro atoms. The molecule has 10 heavy (non-hydrogen) atoms. The number of rotatable bonds is 1. The van der Waals surface area contributed by atoms with Gasteiger partial charge in [-0.25, -0.2) is 4.98 Å². The highest BCUT2D eigenvalue weighted by Crippen LogP contribution is 1.95. The summed E-state index contributed by atoms with van der Waals surface area (Å²) in [6, 6.07) is 0. The molecule has 0 fully saturated rings. The van der Waals surface area contributed by atoms with Crippen LogP contribution in [0.5, 0.6) is 0 Å². The minimum atomic E-state index is -0.773. The first kappa shape index (κ1) is 6.92. The molecule has 54 valence electrons. The summed E-state index contributed by atoms with van der Waals surface area (Å²) < 4.78 is 12.6. The van der Waals surface area contributed by atoms with Crippen molar-refractivity contribution in [2.45, 2.75) is 13.3 Å². The van der Waals surface area contributed by atoms with Gasteiger partial charge < -0.3 is 4.98 Å². The molecule has 3 nitrogen and oxygen atoms in total. The van der Waals surface area contributed by atoms with Crippen molar-refractivity contribution in [3.63, 3.8) is 0 Å². The lowest BCUT2D eigenvalue weighted by atomic mass is 10.3. The molecule has 0 amide bonds. The van der Waals surface area contributed by atoms with Crippen LogP contribution in [0.2, 0.25) is 0 Å². The number of aromatic nitrogens is 2. The summed E-state index contributed by atoms with van der Waals surface area (Å²) in [6.07, 6.45) is 1.64. The van der Waals surface area contributed by atoms with Gasteiger partial charge in [0.15, 0.2) is 0 Å². The summed E-state index contributed by atoms with van der Waals surface area (Å²) in [7, 11) is 0. The van der Waals surface area contributed by atoms with Gasteiger partial charge in [0.05, 0.1) is 12.0 Å². The van der Waals surface area contributed by atoms with Gasteiger partial charge in [-0.3, -0.25) is 4.79 Å². The Hall–Kier alpha value is -1.19. The molecule has 0 aromatic carbocycles. The van der Waals surface area contributed by atoms with E-state index >= 15 is 0 Å². The van der Waals surface area contributed by atoms with E-state index in [9.17, 15) is 9.18 Å². The smallest absolute Gasteiger partial charge is 0.287 e. The molecule has 0 atom stereocenters. The summed E-state index contributed by atoms with van der Waals surface area (Å²) in [5.41, 5.74) is -0.490. The molecule has 0 unspecified atom stereocenters. The van der Waals surface area contributed by atoms with Crippen LogP contribution in [0.25, 0.3) is 0 Å². The van der Waals surface area contributed by atoms with Gasteiger partial charge in [0.25, 0.3) is 5.56 Å². The van der Waals surface area contributed by atoms with Crippen molar-refractivity contribution in [2.75, 3.05) is 0 Å². The fraction of sp³-hybridized carbons (Fsp3) is 0.333. The van der Waals surface area contributed by atoms with Crippen molar-refractivity contribution in [1.82, 2.24) is 9.97 Å². The van der Waals surface area contributed by atoms with E-state index < -0.39 is 11.4 Å². The van der Waals surface area contributed by atoms with Gasteiger partial charge >= 0.3 is 0 Å². The number of nitrogens with one attached hydrogen (secondary N) is 1. The van der Waals surface area contributed by atoms with Crippen molar-refractivity contribution in [3.05, 3.63) is 28.2 Å². The Balaban J connectivity index is 3.28. The fourth-order valence-electron chi connectivity index (χ4n) is 0.666. The molecular formula is C6H7FN2O. The predicted octanol–water partition coefficient (Wildman–Crippen LogP) is 0.471. The molecule has 1 aromatic rings.